The molecular formula is C20H23N3O4S. The van der Waals surface area contributed by atoms with Gasteiger partial charge >= 0.3 is 5.97 Å². The van der Waals surface area contributed by atoms with Crippen molar-refractivity contribution in [1.82, 2.24) is 14.5 Å². The molecule has 1 aromatic heterocycles. The number of benzene rings is 1. The van der Waals surface area contributed by atoms with Crippen molar-refractivity contribution < 1.29 is 18.9 Å². The predicted molar refractivity (Wildman–Crippen MR) is 104 cm³/mol. The second kappa shape index (κ2) is 6.63. The average Bonchev–Trinajstić information content (AvgIpc) is 3.23. The molecule has 2 aromatic rings. The number of esters is 1. The first-order valence-electron chi connectivity index (χ1n) is 9.27. The Hall–Kier alpha value is -2.32. The third-order valence-electron chi connectivity index (χ3n) is 5.01. The molecule has 0 radical (unpaired) electrons. The van der Waals surface area contributed by atoms with Crippen LogP contribution in [0.4, 0.5) is 0 Å². The third-order valence-corrected chi connectivity index (χ3v) is 5.97. The van der Waals surface area contributed by atoms with E-state index in [4.69, 9.17) is 4.74 Å². The lowest BCUT2D eigenvalue weighted by atomic mass is 10.1. The Morgan fingerprint density at radius 3 is 2.79 bits per heavy atom. The van der Waals surface area contributed by atoms with Crippen LogP contribution in [-0.4, -0.2) is 49.3 Å². The van der Waals surface area contributed by atoms with Gasteiger partial charge in [0, 0.05) is 6.54 Å². The van der Waals surface area contributed by atoms with E-state index in [0.717, 1.165) is 12.8 Å². The van der Waals surface area contributed by atoms with Crippen LogP contribution in [0.5, 0.6) is 0 Å². The number of nitrogens with zero attached hydrogens (tertiary/aromatic N) is 3. The molecule has 1 aromatic carbocycles. The fraction of sp³-hybridized carbons (Fsp3) is 0.450. The molecule has 1 amide bonds. The lowest BCUT2D eigenvalue weighted by Gasteiger charge is -2.24. The summed E-state index contributed by atoms with van der Waals surface area (Å²) in [4.78, 5) is 32.8. The largest absolute Gasteiger partial charge is 0.612 e. The van der Waals surface area contributed by atoms with Crippen LogP contribution in [0.1, 0.15) is 66.2 Å². The quantitative estimate of drug-likeness (QED) is 0.570. The molecule has 0 bridgehead atoms. The van der Waals surface area contributed by atoms with Gasteiger partial charge in [0.2, 0.25) is 0 Å². The van der Waals surface area contributed by atoms with E-state index in [0.29, 0.717) is 28.4 Å². The van der Waals surface area contributed by atoms with E-state index in [2.05, 4.69) is 4.98 Å². The number of hydrogen-bond donors (Lipinski definition) is 0. The van der Waals surface area contributed by atoms with Crippen LogP contribution in [0.3, 0.4) is 0 Å². The fourth-order valence-electron chi connectivity index (χ4n) is 3.96. The lowest BCUT2D eigenvalue weighted by molar-refractivity contribution is 0.00595. The Morgan fingerprint density at radius 1 is 1.36 bits per heavy atom. The third kappa shape index (κ3) is 3.00. The van der Waals surface area contributed by atoms with E-state index in [1.165, 1.54) is 0 Å². The van der Waals surface area contributed by atoms with Crippen LogP contribution >= 0.6 is 0 Å². The highest BCUT2D eigenvalue weighted by Crippen LogP contribution is 2.41. The molecular weight excluding hydrogens is 378 g/mol. The number of carbonyl (C=O) groups excluding carboxylic acids is 2. The minimum absolute atomic E-state index is 0.151. The number of carbonyl (C=O) groups is 2. The monoisotopic (exact) mass is 401 g/mol. The lowest BCUT2D eigenvalue weighted by Crippen LogP contribution is -2.31. The smallest absolute Gasteiger partial charge is 0.359 e. The van der Waals surface area contributed by atoms with E-state index < -0.39 is 22.7 Å². The first kappa shape index (κ1) is 19.0. The van der Waals surface area contributed by atoms with Gasteiger partial charge < -0.3 is 14.2 Å². The summed E-state index contributed by atoms with van der Waals surface area (Å²) in [7, 11) is 0. The number of fused-ring (bicyclic) bond motifs is 5. The molecule has 1 unspecified atom stereocenters. The van der Waals surface area contributed by atoms with Gasteiger partial charge in [0.1, 0.15) is 23.7 Å². The maximum atomic E-state index is 13.4. The maximum absolute atomic E-state index is 13.4. The molecule has 0 aliphatic carbocycles. The molecule has 4 rings (SSSR count). The van der Waals surface area contributed by atoms with Crippen LogP contribution in [-0.2, 0) is 15.9 Å². The van der Waals surface area contributed by atoms with Gasteiger partial charge in [-0.2, -0.15) is 0 Å². The number of hydrogen-bond acceptors (Lipinski definition) is 5. The van der Waals surface area contributed by atoms with Crippen molar-refractivity contribution >= 4 is 23.1 Å². The van der Waals surface area contributed by atoms with Crippen LogP contribution in [0.25, 0.3) is 5.69 Å². The summed E-state index contributed by atoms with van der Waals surface area (Å²) < 4.78 is 19.6. The number of imidazole rings is 1. The normalized spacial score (nSPS) is 19.5. The molecule has 7 nitrogen and oxygen atoms in total. The summed E-state index contributed by atoms with van der Waals surface area (Å²) in [5.74, 6) is -0.652. The minimum Gasteiger partial charge on any atom is -0.612 e. The zero-order valence-corrected chi connectivity index (χ0v) is 17.2. The van der Waals surface area contributed by atoms with Gasteiger partial charge in [0.05, 0.1) is 17.4 Å². The van der Waals surface area contributed by atoms with Crippen LogP contribution < -0.4 is 0 Å². The van der Waals surface area contributed by atoms with Crippen molar-refractivity contribution in [1.29, 1.82) is 0 Å². The van der Waals surface area contributed by atoms with Gasteiger partial charge in [0.15, 0.2) is 10.6 Å². The van der Waals surface area contributed by atoms with E-state index in [1.54, 1.807) is 40.2 Å². The fourth-order valence-corrected chi connectivity index (χ4v) is 4.71. The van der Waals surface area contributed by atoms with Crippen molar-refractivity contribution in [2.75, 3.05) is 12.8 Å². The van der Waals surface area contributed by atoms with E-state index in [9.17, 15) is 14.1 Å². The molecule has 28 heavy (non-hydrogen) atoms. The summed E-state index contributed by atoms with van der Waals surface area (Å²) in [6.07, 6.45) is 4.70. The molecule has 2 aliphatic heterocycles. The molecule has 2 aliphatic rings. The maximum Gasteiger partial charge on any atom is 0.359 e. The van der Waals surface area contributed by atoms with E-state index in [1.807, 2.05) is 20.8 Å². The van der Waals surface area contributed by atoms with E-state index in [-0.39, 0.29) is 17.6 Å². The predicted octanol–water partition coefficient (Wildman–Crippen LogP) is 2.86. The zero-order valence-electron chi connectivity index (χ0n) is 16.4. The molecule has 0 saturated carbocycles. The zero-order chi connectivity index (χ0) is 20.2. The topological polar surface area (TPSA) is 87.5 Å². The molecule has 0 N–H and O–H groups in total. The summed E-state index contributed by atoms with van der Waals surface area (Å²) in [6.45, 7) is 6.02. The van der Waals surface area contributed by atoms with E-state index >= 15 is 0 Å². The average molecular weight is 401 g/mol. The Bertz CT molecular complexity index is 961. The standard InChI is InChI=1S/C20H23N3O4S/c1-20(2,3)27-19(25)16-17-13-8-6-10-22(13)18(24)15-12(23(17)11-21-16)7-5-9-14(15)28(4)26/h5,7,9,11,13H,6,8,10H2,1-4H3/t13-,28?/m0/s1. The summed E-state index contributed by atoms with van der Waals surface area (Å²) in [6, 6.07) is 5.03. The molecule has 1 fully saturated rings. The van der Waals surface area contributed by atoms with Crippen molar-refractivity contribution in [2.45, 2.75) is 50.2 Å². The van der Waals surface area contributed by atoms with Crippen LogP contribution in [0, 0.1) is 0 Å². The highest BCUT2D eigenvalue weighted by molar-refractivity contribution is 7.90. The number of rotatable bonds is 2. The van der Waals surface area contributed by atoms with Crippen molar-refractivity contribution in [3.8, 4) is 5.69 Å². The highest BCUT2D eigenvalue weighted by atomic mass is 32.2. The second-order valence-electron chi connectivity index (χ2n) is 8.11. The SMILES string of the molecule is C[S+]([O-])c1cccc2c1C(=O)N1CCC[C@H]1c1c(C(=O)OC(C)(C)C)ncn1-2. The first-order chi connectivity index (χ1) is 13.2. The van der Waals surface area contributed by atoms with Crippen molar-refractivity contribution in [3.63, 3.8) is 0 Å². The highest BCUT2D eigenvalue weighted by Gasteiger charge is 2.42. The van der Waals surface area contributed by atoms with Gasteiger partial charge in [-0.3, -0.25) is 9.36 Å². The molecule has 0 spiro atoms. The van der Waals surface area contributed by atoms with Crippen LogP contribution in [0.2, 0.25) is 0 Å². The molecule has 8 heteroatoms. The van der Waals surface area contributed by atoms with Gasteiger partial charge in [0.25, 0.3) is 5.91 Å². The first-order valence-corrected chi connectivity index (χ1v) is 10.8. The number of aromatic nitrogens is 2. The Balaban J connectivity index is 1.94. The van der Waals surface area contributed by atoms with Crippen LogP contribution in [0.15, 0.2) is 29.4 Å². The Kier molecular flexibility index (Phi) is 4.50. The molecule has 3 heterocycles. The summed E-state index contributed by atoms with van der Waals surface area (Å²) in [5.41, 5.74) is 1.27. The minimum atomic E-state index is -1.32. The van der Waals surface area contributed by atoms with Gasteiger partial charge in [-0.25, -0.2) is 9.78 Å². The molecule has 1 saturated heterocycles. The number of ether oxygens (including phenoxy) is 1. The summed E-state index contributed by atoms with van der Waals surface area (Å²) in [5, 5.41) is 0. The molecule has 148 valence electrons. The van der Waals surface area contributed by atoms with Crippen molar-refractivity contribution in [2.24, 2.45) is 0 Å². The van der Waals surface area contributed by atoms with Gasteiger partial charge in [-0.05, 0) is 56.9 Å². The Labute approximate surface area is 166 Å². The van der Waals surface area contributed by atoms with Crippen molar-refractivity contribution in [3.05, 3.63) is 41.5 Å². The molecule has 2 atom stereocenters. The van der Waals surface area contributed by atoms with Gasteiger partial charge in [-0.1, -0.05) is 6.07 Å². The number of amides is 1. The van der Waals surface area contributed by atoms with Gasteiger partial charge in [-0.15, -0.1) is 0 Å². The Morgan fingerprint density at radius 2 is 2.11 bits per heavy atom. The second-order valence-corrected chi connectivity index (χ2v) is 9.46. The summed E-state index contributed by atoms with van der Waals surface area (Å²) >= 11 is -1.32.